The first-order valence-corrected chi connectivity index (χ1v) is 24.9. The van der Waals surface area contributed by atoms with Crippen molar-refractivity contribution in [3.8, 4) is 23.0 Å². The number of amides is 3. The number of hydrogen-bond donors (Lipinski definition) is 1. The van der Waals surface area contributed by atoms with E-state index in [2.05, 4.69) is 38.4 Å². The molecule has 0 radical (unpaired) electrons. The predicted octanol–water partition coefficient (Wildman–Crippen LogP) is 7.16. The number of aromatic nitrogens is 2. The second-order valence-electron chi connectivity index (χ2n) is 18.1. The van der Waals surface area contributed by atoms with Crippen molar-refractivity contribution in [1.29, 1.82) is 0 Å². The lowest BCUT2D eigenvalue weighted by Crippen LogP contribution is -2.40. The fraction of sp³-hybridized carbons (Fsp3) is 0.440. The molecule has 0 bridgehead atoms. The highest BCUT2D eigenvalue weighted by molar-refractivity contribution is 7.90. The van der Waals surface area contributed by atoms with Gasteiger partial charge in [-0.1, -0.05) is 24.3 Å². The number of nitrogens with zero attached hydrogens (tertiary/aromatic N) is 5. The fourth-order valence-corrected chi connectivity index (χ4v) is 11.3. The summed E-state index contributed by atoms with van der Waals surface area (Å²) in [5.41, 5.74) is 6.08. The molecule has 1 N–H and O–H groups in total. The Kier molecular flexibility index (Phi) is 12.6. The van der Waals surface area contributed by atoms with Crippen LogP contribution in [-0.4, -0.2) is 97.6 Å². The van der Waals surface area contributed by atoms with Crippen LogP contribution in [0.25, 0.3) is 10.9 Å². The molecule has 3 amide bonds. The Morgan fingerprint density at radius 1 is 0.831 bits per heavy atom. The van der Waals surface area contributed by atoms with Gasteiger partial charge in [-0.15, -0.1) is 0 Å². The molecule has 0 saturated carbocycles. The van der Waals surface area contributed by atoms with Gasteiger partial charge in [-0.05, 0) is 129 Å². The first-order chi connectivity index (χ1) is 31.3. The fourth-order valence-electron chi connectivity index (χ4n) is 10.4. The van der Waals surface area contributed by atoms with Crippen LogP contribution in [0.1, 0.15) is 90.2 Å². The Bertz CT molecular complexity index is 2700. The number of fused-ring (bicyclic) bond motifs is 2. The molecule has 5 heterocycles. The van der Waals surface area contributed by atoms with Crippen molar-refractivity contribution in [2.75, 3.05) is 56.8 Å². The average molecular weight is 903 g/mol. The maximum Gasteiger partial charge on any atom is 0.255 e. The number of carbonyl (C=O) groups is 3. The molecule has 5 aromatic rings. The number of anilines is 1. The quantitative estimate of drug-likeness (QED) is 0.113. The van der Waals surface area contributed by atoms with E-state index in [1.54, 1.807) is 28.8 Å². The molecular formula is C50H58N6O8S. The average Bonchev–Trinajstić information content (AvgIpc) is 3.80. The largest absolute Gasteiger partial charge is 0.493 e. The molecule has 14 nitrogen and oxygen atoms in total. The van der Waals surface area contributed by atoms with E-state index in [1.165, 1.54) is 24.7 Å². The number of likely N-dealkylation sites (tertiary alicyclic amines) is 1. The first-order valence-electron chi connectivity index (χ1n) is 22.8. The number of ether oxygens (including phenoxy) is 3. The van der Waals surface area contributed by atoms with Gasteiger partial charge in [0.2, 0.25) is 11.8 Å². The summed E-state index contributed by atoms with van der Waals surface area (Å²) in [6.45, 7) is 7.57. The van der Waals surface area contributed by atoms with Gasteiger partial charge in [0.1, 0.15) is 21.3 Å². The Labute approximate surface area is 380 Å². The maximum absolute atomic E-state index is 14.1. The van der Waals surface area contributed by atoms with Gasteiger partial charge < -0.3 is 24.0 Å². The minimum atomic E-state index is -3.43. The lowest BCUT2D eigenvalue weighted by atomic mass is 9.78. The molecular weight excluding hydrogens is 845 g/mol. The topological polar surface area (TPSA) is 153 Å². The van der Waals surface area contributed by atoms with Gasteiger partial charge in [-0.3, -0.25) is 29.3 Å². The third-order valence-electron chi connectivity index (χ3n) is 13.8. The van der Waals surface area contributed by atoms with Crippen LogP contribution >= 0.6 is 0 Å². The second kappa shape index (κ2) is 18.5. The van der Waals surface area contributed by atoms with Crippen LogP contribution in [0.2, 0.25) is 0 Å². The molecule has 3 saturated heterocycles. The minimum absolute atomic E-state index is 0.154. The van der Waals surface area contributed by atoms with Crippen molar-refractivity contribution in [3.63, 3.8) is 0 Å². The van der Waals surface area contributed by atoms with Gasteiger partial charge in [-0.25, -0.2) is 8.42 Å². The van der Waals surface area contributed by atoms with E-state index < -0.39 is 21.8 Å². The summed E-state index contributed by atoms with van der Waals surface area (Å²) >= 11 is 0. The van der Waals surface area contributed by atoms with Crippen molar-refractivity contribution in [3.05, 3.63) is 107 Å². The highest BCUT2D eigenvalue weighted by Crippen LogP contribution is 2.40. The van der Waals surface area contributed by atoms with E-state index >= 15 is 0 Å². The molecule has 4 aromatic carbocycles. The van der Waals surface area contributed by atoms with Gasteiger partial charge in [0.25, 0.3) is 5.91 Å². The SMILES string of the molecule is CCOc1cc([C@@H](CS(C)(=O)=O)N2Cc3ccc(N4CCC(C5CCN(Cc6ccc(Oc7ccc8c(C9CCC(=O)NC9=O)nn(C)c8c7)cc6)CC5)CC4)cc3C2=O)ccc1OC. The summed E-state index contributed by atoms with van der Waals surface area (Å²) < 4.78 is 44.6. The Balaban J connectivity index is 0.758. The molecule has 9 rings (SSSR count). The molecule has 65 heavy (non-hydrogen) atoms. The third-order valence-corrected chi connectivity index (χ3v) is 14.7. The van der Waals surface area contributed by atoms with Gasteiger partial charge >= 0.3 is 0 Å². The zero-order chi connectivity index (χ0) is 45.4. The van der Waals surface area contributed by atoms with Crippen molar-refractivity contribution < 1.29 is 37.0 Å². The monoisotopic (exact) mass is 902 g/mol. The first kappa shape index (κ1) is 44.3. The van der Waals surface area contributed by atoms with Crippen molar-refractivity contribution in [1.82, 2.24) is 24.9 Å². The van der Waals surface area contributed by atoms with Crippen LogP contribution < -0.4 is 24.4 Å². The number of imide groups is 1. The number of sulfone groups is 1. The zero-order valence-electron chi connectivity index (χ0n) is 37.6. The number of methoxy groups -OCH3 is 1. The summed E-state index contributed by atoms with van der Waals surface area (Å²) in [7, 11) is -0.0172. The molecule has 3 fully saturated rings. The summed E-state index contributed by atoms with van der Waals surface area (Å²) in [5.74, 6) is 2.55. The van der Waals surface area contributed by atoms with Crippen molar-refractivity contribution >= 4 is 44.1 Å². The summed E-state index contributed by atoms with van der Waals surface area (Å²) in [4.78, 5) is 44.9. The molecule has 342 valence electrons. The number of carbonyl (C=O) groups excluding carboxylic acids is 3. The van der Waals surface area contributed by atoms with E-state index in [0.717, 1.165) is 73.5 Å². The Morgan fingerprint density at radius 2 is 1.55 bits per heavy atom. The lowest BCUT2D eigenvalue weighted by Gasteiger charge is -2.41. The summed E-state index contributed by atoms with van der Waals surface area (Å²) in [6, 6.07) is 24.9. The molecule has 0 aliphatic carbocycles. The molecule has 1 aromatic heterocycles. The highest BCUT2D eigenvalue weighted by atomic mass is 32.2. The van der Waals surface area contributed by atoms with Gasteiger partial charge in [0, 0.05) is 68.6 Å². The Morgan fingerprint density at radius 3 is 2.25 bits per heavy atom. The van der Waals surface area contributed by atoms with Crippen LogP contribution in [0.3, 0.4) is 0 Å². The van der Waals surface area contributed by atoms with Crippen molar-refractivity contribution in [2.45, 2.75) is 70.5 Å². The molecule has 1 unspecified atom stereocenters. The third kappa shape index (κ3) is 9.58. The Hall–Kier alpha value is -5.93. The van der Waals surface area contributed by atoms with E-state index in [0.29, 0.717) is 71.9 Å². The van der Waals surface area contributed by atoms with Gasteiger partial charge in [0.15, 0.2) is 11.5 Å². The summed E-state index contributed by atoms with van der Waals surface area (Å²) in [5, 5.41) is 7.96. The van der Waals surface area contributed by atoms with Crippen LogP contribution in [0, 0.1) is 11.8 Å². The number of hydrogen-bond acceptors (Lipinski definition) is 11. The van der Waals surface area contributed by atoms with E-state index in [1.807, 2.05) is 62.5 Å². The van der Waals surface area contributed by atoms with Crippen LogP contribution in [0.15, 0.2) is 78.9 Å². The number of rotatable bonds is 14. The number of piperidine rings is 3. The normalized spacial score (nSPS) is 19.4. The van der Waals surface area contributed by atoms with E-state index in [9.17, 15) is 22.8 Å². The van der Waals surface area contributed by atoms with Gasteiger partial charge in [0.05, 0.1) is 42.6 Å². The molecule has 4 aliphatic heterocycles. The molecule has 15 heteroatoms. The summed E-state index contributed by atoms with van der Waals surface area (Å²) in [6.07, 6.45) is 6.58. The molecule has 4 aliphatic rings. The number of nitrogens with one attached hydrogen (secondary N) is 1. The zero-order valence-corrected chi connectivity index (χ0v) is 38.4. The minimum Gasteiger partial charge on any atom is -0.493 e. The lowest BCUT2D eigenvalue weighted by molar-refractivity contribution is -0.134. The highest BCUT2D eigenvalue weighted by Gasteiger charge is 2.37. The van der Waals surface area contributed by atoms with E-state index in [-0.39, 0.29) is 23.5 Å². The maximum atomic E-state index is 14.1. The second-order valence-corrected chi connectivity index (χ2v) is 20.3. The van der Waals surface area contributed by atoms with E-state index in [4.69, 9.17) is 14.2 Å². The van der Waals surface area contributed by atoms with Crippen LogP contribution in [0.5, 0.6) is 23.0 Å². The smallest absolute Gasteiger partial charge is 0.255 e. The number of benzene rings is 4. The van der Waals surface area contributed by atoms with Crippen LogP contribution in [0.4, 0.5) is 5.69 Å². The van der Waals surface area contributed by atoms with Crippen molar-refractivity contribution in [2.24, 2.45) is 18.9 Å². The van der Waals surface area contributed by atoms with Crippen LogP contribution in [-0.2, 0) is 39.6 Å². The standard InChI is InChI=1S/C50H58N6O8S/c1-5-63-46-26-35(9-16-45(46)62-3)44(31-65(4,60)61)56-30-36-8-10-37(27-42(36)50(56)59)55-24-20-34(21-25-55)33-18-22-54(23-19-33)29-32-6-11-38(12-7-32)64-39-13-14-40-43(28-39)53(2)52-48(40)41-15-17-47(57)51-49(41)58/h6-14,16,26-28,33-34,41,44H,5,15,17-25,29-31H2,1-4H3,(H,51,57,58)/t41?,44-/m1/s1. The number of aryl methyl sites for hydroxylation is 1. The molecule has 0 spiro atoms. The molecule has 2 atom stereocenters. The predicted molar refractivity (Wildman–Crippen MR) is 248 cm³/mol. The van der Waals surface area contributed by atoms with Gasteiger partial charge in [-0.2, -0.15) is 5.10 Å².